The molecule has 18 heavy (non-hydrogen) atoms. The average Bonchev–Trinajstić information content (AvgIpc) is 2.28. The molecule has 0 aliphatic heterocycles. The monoisotopic (exact) mass is 251 g/mol. The molecule has 0 atom stereocenters. The molecule has 102 valence electrons. The van der Waals surface area contributed by atoms with Gasteiger partial charge in [-0.3, -0.25) is 0 Å². The lowest BCUT2D eigenvalue weighted by molar-refractivity contribution is 0.304. The molecular weight excluding hydrogens is 226 g/mol. The van der Waals surface area contributed by atoms with Crippen LogP contribution in [0.2, 0.25) is 0 Å². The molecule has 1 aromatic heterocycles. The van der Waals surface area contributed by atoms with Crippen LogP contribution in [0.15, 0.2) is 12.3 Å². The number of aryl methyl sites for hydroxylation is 1. The average molecular weight is 251 g/mol. The minimum absolute atomic E-state index is 0.148. The smallest absolute Gasteiger partial charge is 0.131 e. The highest BCUT2D eigenvalue weighted by Crippen LogP contribution is 2.16. The highest BCUT2D eigenvalue weighted by molar-refractivity contribution is 5.46. The van der Waals surface area contributed by atoms with Crippen molar-refractivity contribution in [2.45, 2.75) is 27.3 Å². The fourth-order valence-electron chi connectivity index (χ4n) is 1.88. The highest BCUT2D eigenvalue weighted by Gasteiger charge is 2.06. The Morgan fingerprint density at radius 1 is 1.44 bits per heavy atom. The van der Waals surface area contributed by atoms with Crippen LogP contribution in [0.25, 0.3) is 0 Å². The second-order valence-corrected chi connectivity index (χ2v) is 5.15. The van der Waals surface area contributed by atoms with Gasteiger partial charge in [0.2, 0.25) is 0 Å². The third-order valence-electron chi connectivity index (χ3n) is 2.79. The van der Waals surface area contributed by atoms with E-state index >= 15 is 0 Å². The fourth-order valence-corrected chi connectivity index (χ4v) is 1.88. The number of likely N-dealkylation sites (N-methyl/N-ethyl adjacent to an activating group) is 1. The van der Waals surface area contributed by atoms with Gasteiger partial charge in [-0.15, -0.1) is 0 Å². The van der Waals surface area contributed by atoms with Gasteiger partial charge in [0.1, 0.15) is 5.82 Å². The van der Waals surface area contributed by atoms with Gasteiger partial charge in [0.15, 0.2) is 0 Å². The van der Waals surface area contributed by atoms with Crippen LogP contribution in [0.4, 0.5) is 5.82 Å². The Morgan fingerprint density at radius 2 is 2.17 bits per heavy atom. The molecule has 0 fully saturated rings. The van der Waals surface area contributed by atoms with Crippen LogP contribution in [0, 0.1) is 12.8 Å². The van der Waals surface area contributed by atoms with E-state index in [1.54, 1.807) is 0 Å². The van der Waals surface area contributed by atoms with Crippen molar-refractivity contribution in [1.82, 2.24) is 10.3 Å². The van der Waals surface area contributed by atoms with Crippen molar-refractivity contribution in [3.8, 4) is 0 Å². The first-order chi connectivity index (χ1) is 8.54. The van der Waals surface area contributed by atoms with Crippen LogP contribution in [0.1, 0.15) is 25.0 Å². The molecule has 1 aromatic rings. The molecule has 0 aliphatic rings. The number of anilines is 1. The lowest BCUT2D eigenvalue weighted by atomic mass is 10.2. The Balaban J connectivity index is 2.61. The number of nitrogens with one attached hydrogen (secondary N) is 1. The molecule has 0 aliphatic carbocycles. The first-order valence-electron chi connectivity index (χ1n) is 6.52. The molecule has 0 aromatic carbocycles. The predicted molar refractivity (Wildman–Crippen MR) is 75.9 cm³/mol. The van der Waals surface area contributed by atoms with Gasteiger partial charge in [0.25, 0.3) is 0 Å². The van der Waals surface area contributed by atoms with E-state index in [2.05, 4.69) is 37.1 Å². The van der Waals surface area contributed by atoms with Gasteiger partial charge < -0.3 is 15.3 Å². The number of hydrogen-bond acceptors (Lipinski definition) is 4. The first kappa shape index (κ1) is 14.9. The van der Waals surface area contributed by atoms with E-state index in [0.717, 1.165) is 24.5 Å². The molecular formula is C14H25N3O. The lowest BCUT2D eigenvalue weighted by Gasteiger charge is -2.19. The molecule has 0 bridgehead atoms. The number of hydrogen-bond donors (Lipinski definition) is 2. The number of nitrogens with zero attached hydrogens (tertiary/aromatic N) is 2. The molecule has 0 radical (unpaired) electrons. The zero-order valence-electron chi connectivity index (χ0n) is 11.9. The summed E-state index contributed by atoms with van der Waals surface area (Å²) >= 11 is 0. The lowest BCUT2D eigenvalue weighted by Crippen LogP contribution is -2.23. The quantitative estimate of drug-likeness (QED) is 0.772. The van der Waals surface area contributed by atoms with E-state index in [9.17, 15) is 0 Å². The molecule has 4 heteroatoms. The van der Waals surface area contributed by atoms with Crippen LogP contribution < -0.4 is 10.2 Å². The van der Waals surface area contributed by atoms with E-state index in [-0.39, 0.29) is 6.61 Å². The van der Waals surface area contributed by atoms with Crippen molar-refractivity contribution >= 4 is 5.82 Å². The topological polar surface area (TPSA) is 48.4 Å². The Kier molecular flexibility index (Phi) is 6.09. The van der Waals surface area contributed by atoms with Crippen molar-refractivity contribution in [1.29, 1.82) is 0 Å². The standard InChI is InChI=1S/C14H25N3O/c1-11(2)8-15-9-13-7-12(3)14(16-10-13)17(4)5-6-18/h7,10-11,15,18H,5-6,8-9H2,1-4H3. The van der Waals surface area contributed by atoms with E-state index < -0.39 is 0 Å². The zero-order chi connectivity index (χ0) is 13.5. The molecule has 0 spiro atoms. The number of aliphatic hydroxyl groups excluding tert-OH is 1. The molecule has 0 unspecified atom stereocenters. The maximum absolute atomic E-state index is 8.93. The second-order valence-electron chi connectivity index (χ2n) is 5.15. The summed E-state index contributed by atoms with van der Waals surface area (Å²) in [5, 5.41) is 12.3. The highest BCUT2D eigenvalue weighted by atomic mass is 16.3. The third kappa shape index (κ3) is 4.63. The number of aromatic nitrogens is 1. The molecule has 2 N–H and O–H groups in total. The summed E-state index contributed by atoms with van der Waals surface area (Å²) in [5.41, 5.74) is 2.35. The summed E-state index contributed by atoms with van der Waals surface area (Å²) in [6, 6.07) is 2.16. The van der Waals surface area contributed by atoms with Gasteiger partial charge in [-0.1, -0.05) is 13.8 Å². The number of pyridine rings is 1. The van der Waals surface area contributed by atoms with Crippen molar-refractivity contribution < 1.29 is 5.11 Å². The Bertz CT molecular complexity index is 366. The zero-order valence-corrected chi connectivity index (χ0v) is 11.9. The normalized spacial score (nSPS) is 11.0. The maximum Gasteiger partial charge on any atom is 0.131 e. The number of aliphatic hydroxyl groups is 1. The largest absolute Gasteiger partial charge is 0.395 e. The van der Waals surface area contributed by atoms with Crippen LogP contribution in [0.5, 0.6) is 0 Å². The summed E-state index contributed by atoms with van der Waals surface area (Å²) in [4.78, 5) is 6.44. The minimum Gasteiger partial charge on any atom is -0.395 e. The van der Waals surface area contributed by atoms with Crippen LogP contribution in [-0.2, 0) is 6.54 Å². The van der Waals surface area contributed by atoms with E-state index in [1.165, 1.54) is 5.56 Å². The molecule has 0 saturated heterocycles. The van der Waals surface area contributed by atoms with Gasteiger partial charge in [0.05, 0.1) is 6.61 Å². The van der Waals surface area contributed by atoms with Gasteiger partial charge >= 0.3 is 0 Å². The van der Waals surface area contributed by atoms with Gasteiger partial charge in [-0.2, -0.15) is 0 Å². The SMILES string of the molecule is Cc1cc(CNCC(C)C)cnc1N(C)CCO. The van der Waals surface area contributed by atoms with E-state index in [1.807, 2.05) is 18.1 Å². The van der Waals surface area contributed by atoms with Crippen LogP contribution in [-0.4, -0.2) is 36.8 Å². The van der Waals surface area contributed by atoms with E-state index in [0.29, 0.717) is 12.5 Å². The molecule has 1 heterocycles. The predicted octanol–water partition coefficient (Wildman–Crippen LogP) is 1.56. The minimum atomic E-state index is 0.148. The van der Waals surface area contributed by atoms with E-state index in [4.69, 9.17) is 5.11 Å². The molecule has 0 saturated carbocycles. The summed E-state index contributed by atoms with van der Waals surface area (Å²) in [7, 11) is 1.95. The Morgan fingerprint density at radius 3 is 2.72 bits per heavy atom. The Labute approximate surface area is 110 Å². The molecule has 0 amide bonds. The summed E-state index contributed by atoms with van der Waals surface area (Å²) < 4.78 is 0. The van der Waals surface area contributed by atoms with Gasteiger partial charge in [0, 0.05) is 26.3 Å². The molecule has 4 nitrogen and oxygen atoms in total. The Hall–Kier alpha value is -1.13. The summed E-state index contributed by atoms with van der Waals surface area (Å²) in [5.74, 6) is 1.60. The van der Waals surface area contributed by atoms with Crippen molar-refractivity contribution in [2.75, 3.05) is 31.6 Å². The fraction of sp³-hybridized carbons (Fsp3) is 0.643. The summed E-state index contributed by atoms with van der Waals surface area (Å²) in [6.07, 6.45) is 1.91. The number of rotatable bonds is 7. The third-order valence-corrected chi connectivity index (χ3v) is 2.79. The van der Waals surface area contributed by atoms with Crippen LogP contribution >= 0.6 is 0 Å². The summed E-state index contributed by atoms with van der Waals surface area (Å²) in [6.45, 7) is 9.09. The van der Waals surface area contributed by atoms with Crippen LogP contribution in [0.3, 0.4) is 0 Å². The second kappa shape index (κ2) is 7.34. The van der Waals surface area contributed by atoms with Gasteiger partial charge in [-0.05, 0) is 36.6 Å². The van der Waals surface area contributed by atoms with Crippen molar-refractivity contribution in [2.24, 2.45) is 5.92 Å². The first-order valence-corrected chi connectivity index (χ1v) is 6.52. The maximum atomic E-state index is 8.93. The van der Waals surface area contributed by atoms with Crippen molar-refractivity contribution in [3.05, 3.63) is 23.4 Å². The van der Waals surface area contributed by atoms with Crippen molar-refractivity contribution in [3.63, 3.8) is 0 Å². The van der Waals surface area contributed by atoms with Gasteiger partial charge in [-0.25, -0.2) is 4.98 Å². The molecule has 1 rings (SSSR count).